The molecule has 1 aliphatic rings. The van der Waals surface area contributed by atoms with Crippen molar-refractivity contribution in [1.82, 2.24) is 4.90 Å². The Morgan fingerprint density at radius 2 is 2.17 bits per heavy atom. The number of carbonyl (C=O) groups is 2. The first-order valence-corrected chi connectivity index (χ1v) is 6.93. The standard InChI is InChI=1S/C12H18N3O2S/c1-4-9-10(16)14(6-5-13(2)3)12-15(11(9)17)7-8-18-12/h7-9H,4-6H2,1-3H3/q+1. The zero-order valence-electron chi connectivity index (χ0n) is 10.9. The van der Waals surface area contributed by atoms with Crippen LogP contribution >= 0.6 is 11.3 Å². The summed E-state index contributed by atoms with van der Waals surface area (Å²) in [6, 6.07) is 0. The van der Waals surface area contributed by atoms with Gasteiger partial charge in [0.05, 0.1) is 0 Å². The Hall–Kier alpha value is -1.27. The van der Waals surface area contributed by atoms with Crippen LogP contribution in [0.25, 0.3) is 0 Å². The van der Waals surface area contributed by atoms with Crippen LogP contribution in [-0.2, 0) is 4.79 Å². The number of aromatic nitrogens is 1. The van der Waals surface area contributed by atoms with E-state index in [9.17, 15) is 9.59 Å². The van der Waals surface area contributed by atoms with Gasteiger partial charge in [-0.1, -0.05) is 18.3 Å². The summed E-state index contributed by atoms with van der Waals surface area (Å²) < 4.78 is 1.61. The maximum atomic E-state index is 12.3. The SMILES string of the molecule is CCC1C(=O)N(CCN(C)C)c2scc[n+]2C1=O. The predicted octanol–water partition coefficient (Wildman–Crippen LogP) is 0.610. The van der Waals surface area contributed by atoms with Gasteiger partial charge in [-0.25, -0.2) is 9.59 Å². The molecule has 1 atom stereocenters. The summed E-state index contributed by atoms with van der Waals surface area (Å²) >= 11 is 1.43. The maximum Gasteiger partial charge on any atom is 0.351 e. The van der Waals surface area contributed by atoms with Crippen LogP contribution in [0, 0.1) is 5.92 Å². The van der Waals surface area contributed by atoms with Crippen molar-refractivity contribution in [2.24, 2.45) is 5.92 Å². The van der Waals surface area contributed by atoms with Gasteiger partial charge in [-0.15, -0.1) is 0 Å². The molecule has 1 unspecified atom stereocenters. The summed E-state index contributed by atoms with van der Waals surface area (Å²) in [6.45, 7) is 3.28. The van der Waals surface area contributed by atoms with Crippen molar-refractivity contribution in [3.63, 3.8) is 0 Å². The van der Waals surface area contributed by atoms with Crippen molar-refractivity contribution in [2.45, 2.75) is 13.3 Å². The van der Waals surface area contributed by atoms with Crippen LogP contribution in [0.15, 0.2) is 11.6 Å². The smallest absolute Gasteiger partial charge is 0.305 e. The molecule has 1 aromatic rings. The summed E-state index contributed by atoms with van der Waals surface area (Å²) in [5.41, 5.74) is 0. The normalized spacial score (nSPS) is 19.6. The third-order valence-electron chi connectivity index (χ3n) is 3.10. The fraction of sp³-hybridized carbons (Fsp3) is 0.583. The molecule has 0 aromatic carbocycles. The van der Waals surface area contributed by atoms with E-state index in [1.165, 1.54) is 11.3 Å². The van der Waals surface area contributed by atoms with Crippen molar-refractivity contribution in [3.8, 4) is 0 Å². The second-order valence-electron chi connectivity index (χ2n) is 4.65. The van der Waals surface area contributed by atoms with Crippen LogP contribution in [0.4, 0.5) is 5.13 Å². The van der Waals surface area contributed by atoms with Gasteiger partial charge in [0.2, 0.25) is 0 Å². The summed E-state index contributed by atoms with van der Waals surface area (Å²) in [5.74, 6) is -0.689. The van der Waals surface area contributed by atoms with E-state index >= 15 is 0 Å². The van der Waals surface area contributed by atoms with Crippen LogP contribution in [0.2, 0.25) is 0 Å². The first-order valence-electron chi connectivity index (χ1n) is 6.05. The minimum atomic E-state index is -0.528. The summed E-state index contributed by atoms with van der Waals surface area (Å²) in [4.78, 5) is 28.2. The number of nitrogens with zero attached hydrogens (tertiary/aromatic N) is 3. The number of hydrogen-bond acceptors (Lipinski definition) is 4. The van der Waals surface area contributed by atoms with Gasteiger partial charge in [-0.3, -0.25) is 0 Å². The second kappa shape index (κ2) is 5.16. The van der Waals surface area contributed by atoms with Gasteiger partial charge >= 0.3 is 16.9 Å². The van der Waals surface area contributed by atoms with Crippen molar-refractivity contribution >= 4 is 28.3 Å². The van der Waals surface area contributed by atoms with Gasteiger partial charge in [-0.2, -0.15) is 9.47 Å². The number of hydrogen-bond donors (Lipinski definition) is 0. The third kappa shape index (κ3) is 2.18. The minimum Gasteiger partial charge on any atom is -0.305 e. The van der Waals surface area contributed by atoms with Crippen LogP contribution in [0.5, 0.6) is 0 Å². The van der Waals surface area contributed by atoms with E-state index in [0.29, 0.717) is 13.0 Å². The Morgan fingerprint density at radius 1 is 1.44 bits per heavy atom. The molecule has 0 spiro atoms. The van der Waals surface area contributed by atoms with Crippen molar-refractivity contribution in [3.05, 3.63) is 11.6 Å². The lowest BCUT2D eigenvalue weighted by Crippen LogP contribution is -2.60. The zero-order valence-corrected chi connectivity index (χ0v) is 11.7. The van der Waals surface area contributed by atoms with Gasteiger partial charge < -0.3 is 4.90 Å². The predicted molar refractivity (Wildman–Crippen MR) is 69.8 cm³/mol. The Morgan fingerprint density at radius 3 is 2.78 bits per heavy atom. The third-order valence-corrected chi connectivity index (χ3v) is 3.98. The fourth-order valence-corrected chi connectivity index (χ4v) is 2.92. The number of likely N-dealkylation sites (N-methyl/N-ethyl adjacent to an activating group) is 1. The van der Waals surface area contributed by atoms with E-state index in [-0.39, 0.29) is 11.8 Å². The summed E-state index contributed by atoms with van der Waals surface area (Å²) in [6.07, 6.45) is 2.30. The fourth-order valence-electron chi connectivity index (χ4n) is 2.05. The molecule has 18 heavy (non-hydrogen) atoms. The van der Waals surface area contributed by atoms with Gasteiger partial charge in [0.25, 0.3) is 0 Å². The minimum absolute atomic E-state index is 0.0631. The lowest BCUT2D eigenvalue weighted by molar-refractivity contribution is -0.560. The van der Waals surface area contributed by atoms with Gasteiger partial charge in [0, 0.05) is 11.9 Å². The van der Waals surface area contributed by atoms with Gasteiger partial charge in [-0.05, 0) is 20.5 Å². The highest BCUT2D eigenvalue weighted by molar-refractivity contribution is 7.13. The van der Waals surface area contributed by atoms with Crippen LogP contribution in [-0.4, -0.2) is 43.9 Å². The highest BCUT2D eigenvalue weighted by Gasteiger charge is 2.46. The van der Waals surface area contributed by atoms with Crippen LogP contribution in [0.3, 0.4) is 0 Å². The van der Waals surface area contributed by atoms with E-state index < -0.39 is 5.92 Å². The van der Waals surface area contributed by atoms with Gasteiger partial charge in [0.1, 0.15) is 12.7 Å². The first kappa shape index (κ1) is 13.2. The maximum absolute atomic E-state index is 12.3. The van der Waals surface area contributed by atoms with E-state index in [1.807, 2.05) is 31.3 Å². The summed E-state index contributed by atoms with van der Waals surface area (Å²) in [7, 11) is 3.94. The number of rotatable bonds is 4. The van der Waals surface area contributed by atoms with Crippen molar-refractivity contribution in [2.75, 3.05) is 32.1 Å². The monoisotopic (exact) mass is 268 g/mol. The Kier molecular flexibility index (Phi) is 3.77. The van der Waals surface area contributed by atoms with E-state index in [1.54, 1.807) is 15.7 Å². The molecule has 0 fully saturated rings. The molecule has 2 heterocycles. The molecule has 0 bridgehead atoms. The van der Waals surface area contributed by atoms with Crippen LogP contribution in [0.1, 0.15) is 18.1 Å². The topological polar surface area (TPSA) is 44.5 Å². The average Bonchev–Trinajstić information content (AvgIpc) is 2.78. The van der Waals surface area contributed by atoms with Crippen molar-refractivity contribution in [1.29, 1.82) is 0 Å². The Bertz CT molecular complexity index is 470. The highest BCUT2D eigenvalue weighted by atomic mass is 32.1. The number of amides is 1. The lowest BCUT2D eigenvalue weighted by Gasteiger charge is -2.23. The molecule has 5 nitrogen and oxygen atoms in total. The molecule has 1 aliphatic heterocycles. The highest BCUT2D eigenvalue weighted by Crippen LogP contribution is 2.24. The van der Waals surface area contributed by atoms with Gasteiger partial charge in [0.15, 0.2) is 5.92 Å². The second-order valence-corrected chi connectivity index (χ2v) is 5.52. The quantitative estimate of drug-likeness (QED) is 0.594. The van der Waals surface area contributed by atoms with E-state index in [4.69, 9.17) is 0 Å². The lowest BCUT2D eigenvalue weighted by atomic mass is 10.0. The van der Waals surface area contributed by atoms with E-state index in [2.05, 4.69) is 0 Å². The molecule has 98 valence electrons. The first-order chi connectivity index (χ1) is 8.56. The Balaban J connectivity index is 2.31. The molecular formula is C12H18N3O2S+. The molecule has 1 aromatic heterocycles. The number of carbonyl (C=O) groups excluding carboxylic acids is 2. The molecule has 0 saturated heterocycles. The van der Waals surface area contributed by atoms with Crippen LogP contribution < -0.4 is 9.47 Å². The summed E-state index contributed by atoms with van der Waals surface area (Å²) in [5, 5.41) is 2.58. The molecule has 1 amide bonds. The Labute approximate surface area is 111 Å². The molecule has 0 aliphatic carbocycles. The molecule has 6 heteroatoms. The molecular weight excluding hydrogens is 250 g/mol. The number of fused-ring (bicyclic) bond motifs is 1. The largest absolute Gasteiger partial charge is 0.351 e. The molecule has 0 saturated carbocycles. The zero-order chi connectivity index (χ0) is 13.3. The van der Waals surface area contributed by atoms with E-state index in [0.717, 1.165) is 11.7 Å². The molecule has 2 rings (SSSR count). The average molecular weight is 268 g/mol. The molecule has 0 radical (unpaired) electrons. The number of thiazole rings is 1. The molecule has 0 N–H and O–H groups in total. The van der Waals surface area contributed by atoms with Crippen molar-refractivity contribution < 1.29 is 14.2 Å². The number of anilines is 1.